The molecule has 0 aromatic heterocycles. The standard InChI is InChI=1S/C10H19Cl2N/c1-8(2)10(4-5-11)13-7-9(3)6-12/h6,8,10,13H,4-5,7H2,1-3H3. The van der Waals surface area contributed by atoms with Gasteiger partial charge >= 0.3 is 0 Å². The van der Waals surface area contributed by atoms with Gasteiger partial charge in [-0.1, -0.05) is 25.4 Å². The van der Waals surface area contributed by atoms with Crippen LogP contribution in [0, 0.1) is 5.92 Å². The molecule has 0 fully saturated rings. The molecule has 0 aliphatic heterocycles. The van der Waals surface area contributed by atoms with E-state index < -0.39 is 0 Å². The maximum atomic E-state index is 5.71. The van der Waals surface area contributed by atoms with E-state index in [-0.39, 0.29) is 0 Å². The van der Waals surface area contributed by atoms with Crippen LogP contribution in [0.15, 0.2) is 11.1 Å². The second kappa shape index (κ2) is 7.66. The van der Waals surface area contributed by atoms with Gasteiger partial charge in [-0.2, -0.15) is 0 Å². The molecule has 0 rings (SSSR count). The molecule has 0 spiro atoms. The van der Waals surface area contributed by atoms with Crippen molar-refractivity contribution in [2.75, 3.05) is 12.4 Å². The van der Waals surface area contributed by atoms with Crippen LogP contribution < -0.4 is 5.32 Å². The molecule has 0 amide bonds. The fourth-order valence-electron chi connectivity index (χ4n) is 1.12. The van der Waals surface area contributed by atoms with Gasteiger partial charge in [0.2, 0.25) is 0 Å². The first kappa shape index (κ1) is 13.3. The van der Waals surface area contributed by atoms with Gasteiger partial charge in [-0.3, -0.25) is 0 Å². The highest BCUT2D eigenvalue weighted by molar-refractivity contribution is 6.25. The van der Waals surface area contributed by atoms with Crippen molar-refractivity contribution in [2.24, 2.45) is 5.92 Å². The summed E-state index contributed by atoms with van der Waals surface area (Å²) >= 11 is 11.3. The second-order valence-corrected chi connectivity index (χ2v) is 4.26. The Kier molecular flexibility index (Phi) is 7.83. The molecule has 1 atom stereocenters. The largest absolute Gasteiger partial charge is 0.310 e. The van der Waals surface area contributed by atoms with Crippen molar-refractivity contribution < 1.29 is 0 Å². The molecule has 0 heterocycles. The minimum absolute atomic E-state index is 0.490. The fraction of sp³-hybridized carbons (Fsp3) is 0.800. The molecule has 0 aromatic carbocycles. The zero-order valence-corrected chi connectivity index (χ0v) is 10.1. The van der Waals surface area contributed by atoms with Crippen molar-refractivity contribution in [1.29, 1.82) is 0 Å². The van der Waals surface area contributed by atoms with Gasteiger partial charge in [-0.05, 0) is 24.8 Å². The van der Waals surface area contributed by atoms with Crippen molar-refractivity contribution in [3.05, 3.63) is 11.1 Å². The van der Waals surface area contributed by atoms with Gasteiger partial charge in [-0.25, -0.2) is 0 Å². The Bertz CT molecular complexity index is 155. The Morgan fingerprint density at radius 3 is 2.46 bits per heavy atom. The van der Waals surface area contributed by atoms with E-state index in [4.69, 9.17) is 23.2 Å². The molecular formula is C10H19Cl2N. The van der Waals surface area contributed by atoms with Crippen molar-refractivity contribution in [3.63, 3.8) is 0 Å². The molecule has 13 heavy (non-hydrogen) atoms. The SMILES string of the molecule is CC(=CCl)CNC(CCCl)C(C)C. The fourth-order valence-corrected chi connectivity index (χ4v) is 1.43. The van der Waals surface area contributed by atoms with Gasteiger partial charge in [0.15, 0.2) is 0 Å². The van der Waals surface area contributed by atoms with E-state index in [1.807, 2.05) is 6.92 Å². The van der Waals surface area contributed by atoms with E-state index in [1.54, 1.807) is 5.54 Å². The molecule has 0 saturated heterocycles. The van der Waals surface area contributed by atoms with Gasteiger partial charge in [-0.15, -0.1) is 11.6 Å². The molecule has 0 aromatic rings. The molecule has 0 radical (unpaired) electrons. The van der Waals surface area contributed by atoms with Crippen LogP contribution in [0.4, 0.5) is 0 Å². The molecule has 1 nitrogen and oxygen atoms in total. The van der Waals surface area contributed by atoms with Gasteiger partial charge in [0.1, 0.15) is 0 Å². The average Bonchev–Trinajstić information content (AvgIpc) is 2.11. The van der Waals surface area contributed by atoms with E-state index in [0.717, 1.165) is 18.5 Å². The van der Waals surface area contributed by atoms with E-state index in [0.29, 0.717) is 17.8 Å². The lowest BCUT2D eigenvalue weighted by Crippen LogP contribution is -2.35. The van der Waals surface area contributed by atoms with Crippen LogP contribution in [0.3, 0.4) is 0 Å². The topological polar surface area (TPSA) is 12.0 Å². The molecule has 0 saturated carbocycles. The quantitative estimate of drug-likeness (QED) is 0.682. The number of hydrogen-bond donors (Lipinski definition) is 1. The Labute approximate surface area is 91.5 Å². The second-order valence-electron chi connectivity index (χ2n) is 3.66. The number of halogens is 2. The summed E-state index contributed by atoms with van der Waals surface area (Å²) < 4.78 is 0. The zero-order valence-electron chi connectivity index (χ0n) is 8.61. The zero-order chi connectivity index (χ0) is 10.3. The number of rotatable bonds is 6. The minimum Gasteiger partial charge on any atom is -0.310 e. The van der Waals surface area contributed by atoms with Gasteiger partial charge in [0.05, 0.1) is 0 Å². The Hall–Kier alpha value is 0.280. The lowest BCUT2D eigenvalue weighted by molar-refractivity contribution is 0.402. The third kappa shape index (κ3) is 6.36. The number of nitrogens with one attached hydrogen (secondary N) is 1. The lowest BCUT2D eigenvalue weighted by atomic mass is 10.0. The molecule has 1 N–H and O–H groups in total. The minimum atomic E-state index is 0.490. The van der Waals surface area contributed by atoms with Crippen molar-refractivity contribution in [1.82, 2.24) is 5.32 Å². The van der Waals surface area contributed by atoms with E-state index in [9.17, 15) is 0 Å². The monoisotopic (exact) mass is 223 g/mol. The molecule has 1 unspecified atom stereocenters. The highest BCUT2D eigenvalue weighted by atomic mass is 35.5. The maximum absolute atomic E-state index is 5.71. The summed E-state index contributed by atoms with van der Waals surface area (Å²) in [6.45, 7) is 7.26. The normalized spacial score (nSPS) is 15.1. The molecule has 78 valence electrons. The molecular weight excluding hydrogens is 205 g/mol. The summed E-state index contributed by atoms with van der Waals surface area (Å²) in [5.74, 6) is 1.32. The molecule has 0 aliphatic carbocycles. The first-order valence-electron chi connectivity index (χ1n) is 4.67. The van der Waals surface area contributed by atoms with Crippen LogP contribution in [0.2, 0.25) is 0 Å². The predicted octanol–water partition coefficient (Wildman–Crippen LogP) is 3.37. The van der Waals surface area contributed by atoms with Crippen LogP contribution in [-0.4, -0.2) is 18.5 Å². The summed E-state index contributed by atoms with van der Waals surface area (Å²) in [5.41, 5.74) is 2.77. The lowest BCUT2D eigenvalue weighted by Gasteiger charge is -2.21. The van der Waals surface area contributed by atoms with E-state index in [2.05, 4.69) is 19.2 Å². The van der Waals surface area contributed by atoms with E-state index in [1.165, 1.54) is 0 Å². The first-order valence-corrected chi connectivity index (χ1v) is 5.64. The summed E-state index contributed by atoms with van der Waals surface area (Å²) in [4.78, 5) is 0. The van der Waals surface area contributed by atoms with Crippen molar-refractivity contribution in [3.8, 4) is 0 Å². The third-order valence-corrected chi connectivity index (χ3v) is 2.64. The highest BCUT2D eigenvalue weighted by Crippen LogP contribution is 2.07. The van der Waals surface area contributed by atoms with Crippen molar-refractivity contribution >= 4 is 23.2 Å². The van der Waals surface area contributed by atoms with Crippen LogP contribution in [0.1, 0.15) is 27.2 Å². The van der Waals surface area contributed by atoms with E-state index >= 15 is 0 Å². The summed E-state index contributed by atoms with van der Waals surface area (Å²) in [6, 6.07) is 0.490. The summed E-state index contributed by atoms with van der Waals surface area (Å²) in [5, 5.41) is 3.43. The maximum Gasteiger partial charge on any atom is 0.0238 e. The third-order valence-electron chi connectivity index (χ3n) is 2.05. The summed E-state index contributed by atoms with van der Waals surface area (Å²) in [6.07, 6.45) is 1.01. The molecule has 0 bridgehead atoms. The van der Waals surface area contributed by atoms with Gasteiger partial charge < -0.3 is 5.32 Å². The smallest absolute Gasteiger partial charge is 0.0238 e. The van der Waals surface area contributed by atoms with Gasteiger partial charge in [0, 0.05) is 24.0 Å². The van der Waals surface area contributed by atoms with Gasteiger partial charge in [0.25, 0.3) is 0 Å². The highest BCUT2D eigenvalue weighted by Gasteiger charge is 2.11. The first-order chi connectivity index (χ1) is 6.11. The average molecular weight is 224 g/mol. The number of alkyl halides is 1. The van der Waals surface area contributed by atoms with Crippen LogP contribution in [-0.2, 0) is 0 Å². The summed E-state index contributed by atoms with van der Waals surface area (Å²) in [7, 11) is 0. The van der Waals surface area contributed by atoms with Crippen LogP contribution >= 0.6 is 23.2 Å². The Morgan fingerprint density at radius 1 is 1.46 bits per heavy atom. The van der Waals surface area contributed by atoms with Crippen LogP contribution in [0.25, 0.3) is 0 Å². The van der Waals surface area contributed by atoms with Crippen molar-refractivity contribution in [2.45, 2.75) is 33.2 Å². The number of hydrogen-bond acceptors (Lipinski definition) is 1. The molecule has 3 heteroatoms. The molecule has 0 aliphatic rings. The Morgan fingerprint density at radius 2 is 2.08 bits per heavy atom. The Balaban J connectivity index is 3.82. The van der Waals surface area contributed by atoms with Crippen LogP contribution in [0.5, 0.6) is 0 Å². The predicted molar refractivity (Wildman–Crippen MR) is 61.6 cm³/mol.